The molecule has 0 fully saturated rings. The Hall–Kier alpha value is 2.22. The summed E-state index contributed by atoms with van der Waals surface area (Å²) in [4.78, 5) is 7.22. The average molecular weight is 812 g/mol. The van der Waals surface area contributed by atoms with Crippen LogP contribution >= 0.6 is 66.1 Å². The Labute approximate surface area is 262 Å². The molecule has 0 N–H and O–H groups in total. The van der Waals surface area contributed by atoms with Crippen molar-refractivity contribution in [2.45, 2.75) is 31.6 Å². The van der Waals surface area contributed by atoms with E-state index in [0.29, 0.717) is 5.15 Å². The quantitative estimate of drug-likeness (QED) is 0.177. The summed E-state index contributed by atoms with van der Waals surface area (Å²) in [5, 5.41) is 0.400. The summed E-state index contributed by atoms with van der Waals surface area (Å²) in [6.07, 6.45) is -1.64. The predicted octanol–water partition coefficient (Wildman–Crippen LogP) is 2.41. The number of halogens is 11. The molecule has 178 valence electrons. The maximum Gasteiger partial charge on any atom is 1.00 e. The normalized spacial score (nSPS) is 10.4. The second kappa shape index (κ2) is 19.4. The number of aromatic nitrogens is 2. The molecule has 16 heteroatoms. The van der Waals surface area contributed by atoms with E-state index in [0.717, 1.165) is 21.9 Å². The van der Waals surface area contributed by atoms with Crippen LogP contribution in [0.1, 0.15) is 5.56 Å². The molecule has 2 rings (SSSR count). The fourth-order valence-corrected chi connectivity index (χ4v) is 1.95. The number of rotatable bonds is 0. The maximum absolute atomic E-state index is 11.9. The Morgan fingerprint density at radius 1 is 0.871 bits per heavy atom. The van der Waals surface area contributed by atoms with Crippen LogP contribution < -0.4 is 56.1 Å². The van der Waals surface area contributed by atoms with Crippen LogP contribution in [0.4, 0.5) is 26.3 Å². The van der Waals surface area contributed by atoms with Crippen LogP contribution in [-0.4, -0.2) is 23.8 Å². The minimum absolute atomic E-state index is 0. The third-order valence-electron chi connectivity index (χ3n) is 2.59. The summed E-state index contributed by atoms with van der Waals surface area (Å²) < 4.78 is 71.6. The fourth-order valence-electron chi connectivity index (χ4n) is 0.958. The number of hydrogen-bond acceptors (Lipinski definition) is 2. The van der Waals surface area contributed by atoms with Gasteiger partial charge < -0.3 is 4.70 Å². The smallest absolute Gasteiger partial charge is 1.00 e. The van der Waals surface area contributed by atoms with Crippen molar-refractivity contribution in [3.8, 4) is 0 Å². The van der Waals surface area contributed by atoms with Gasteiger partial charge >= 0.3 is 96.5 Å². The minimum atomic E-state index is -4.34. The molecule has 0 spiro atoms. The number of alkyl halides is 6. The molecular formula is C15H15Cl2CuF7I2KN2Si. The maximum atomic E-state index is 11.9. The average Bonchev–Trinajstić information content (AvgIpc) is 2.55. The summed E-state index contributed by atoms with van der Waals surface area (Å²) in [6, 6.07) is 5.35. The van der Waals surface area contributed by atoms with Gasteiger partial charge in [0.25, 0.3) is 0 Å². The van der Waals surface area contributed by atoms with E-state index in [1.54, 1.807) is 26.5 Å². The van der Waals surface area contributed by atoms with Crippen molar-refractivity contribution in [1.82, 2.24) is 9.97 Å². The van der Waals surface area contributed by atoms with Gasteiger partial charge in [0.15, 0.2) is 8.07 Å². The van der Waals surface area contributed by atoms with Crippen molar-refractivity contribution >= 4 is 74.2 Å². The Morgan fingerprint density at radius 2 is 1.23 bits per heavy atom. The minimum Gasteiger partial charge on any atom is -1.00 e. The molecule has 0 amide bonds. The first-order valence-electron chi connectivity index (χ1n) is 7.18. The second-order valence-corrected chi connectivity index (χ2v) is 13.0. The Balaban J connectivity index is -0.000000167. The molecule has 31 heavy (non-hydrogen) atoms. The van der Waals surface area contributed by atoms with Crippen molar-refractivity contribution in [2.75, 3.05) is 0 Å². The van der Waals surface area contributed by atoms with Crippen molar-refractivity contribution < 1.29 is 95.2 Å². The van der Waals surface area contributed by atoms with E-state index in [9.17, 15) is 26.3 Å². The monoisotopic (exact) mass is 810 g/mol. The van der Waals surface area contributed by atoms with Crippen LogP contribution in [0.3, 0.4) is 0 Å². The molecule has 0 saturated heterocycles. The SMILES string of the molecule is C[Si](C)(C)C(F)(F)F.Clc1cc(I)ccn1.FC(F)(F)c1ccnc(Cl)c1.[Cu][I].[F-].[K+]. The van der Waals surface area contributed by atoms with Gasteiger partial charge in [-0.2, -0.15) is 26.3 Å². The molecule has 0 aliphatic carbocycles. The van der Waals surface area contributed by atoms with Crippen molar-refractivity contribution in [2.24, 2.45) is 0 Å². The van der Waals surface area contributed by atoms with Crippen LogP contribution in [0.25, 0.3) is 0 Å². The second-order valence-electron chi connectivity index (χ2n) is 5.91. The summed E-state index contributed by atoms with van der Waals surface area (Å²) in [5.41, 5.74) is -0.780. The largest absolute Gasteiger partial charge is 1.00 e. The zero-order valence-corrected chi connectivity index (χ0v) is 27.2. The molecule has 2 heterocycles. The zero-order chi connectivity index (χ0) is 23.5. The Bertz CT molecular complexity index is 710. The third-order valence-corrected chi connectivity index (χ3v) is 5.38. The van der Waals surface area contributed by atoms with Gasteiger partial charge in [-0.25, -0.2) is 9.97 Å². The van der Waals surface area contributed by atoms with E-state index in [1.165, 1.54) is 19.6 Å². The van der Waals surface area contributed by atoms with Crippen LogP contribution in [0.2, 0.25) is 29.9 Å². The van der Waals surface area contributed by atoms with Gasteiger partial charge in [-0.1, -0.05) is 42.8 Å². The molecular weight excluding hydrogens is 797 g/mol. The van der Waals surface area contributed by atoms with Crippen LogP contribution in [0, 0.1) is 3.57 Å². The van der Waals surface area contributed by atoms with E-state index >= 15 is 0 Å². The Kier molecular flexibility index (Phi) is 25.3. The predicted molar refractivity (Wildman–Crippen MR) is 120 cm³/mol. The molecule has 0 bridgehead atoms. The van der Waals surface area contributed by atoms with Crippen molar-refractivity contribution in [3.63, 3.8) is 0 Å². The Morgan fingerprint density at radius 3 is 1.42 bits per heavy atom. The van der Waals surface area contributed by atoms with Gasteiger partial charge in [-0.05, 0) is 46.9 Å². The van der Waals surface area contributed by atoms with E-state index in [2.05, 4.69) is 45.3 Å². The van der Waals surface area contributed by atoms with E-state index < -0.39 is 25.6 Å². The molecule has 0 radical (unpaired) electrons. The summed E-state index contributed by atoms with van der Waals surface area (Å²) in [7, 11) is -2.86. The molecule has 0 unspecified atom stereocenters. The molecule has 2 aromatic rings. The van der Waals surface area contributed by atoms with Gasteiger partial charge in [-0.3, -0.25) is 0 Å². The van der Waals surface area contributed by atoms with Crippen molar-refractivity contribution in [3.05, 3.63) is 56.1 Å². The summed E-state index contributed by atoms with van der Waals surface area (Å²) in [5.74, 6) is -3.92. The van der Waals surface area contributed by atoms with Gasteiger partial charge in [0.1, 0.15) is 10.3 Å². The van der Waals surface area contributed by atoms with Crippen LogP contribution in [-0.2, 0) is 18.9 Å². The molecule has 0 atom stereocenters. The topological polar surface area (TPSA) is 25.8 Å². The first-order chi connectivity index (χ1) is 13.0. The van der Waals surface area contributed by atoms with Crippen LogP contribution in [0.5, 0.6) is 0 Å². The summed E-state index contributed by atoms with van der Waals surface area (Å²) in [6.45, 7) is 3.85. The first kappa shape index (κ1) is 40.4. The van der Waals surface area contributed by atoms with Gasteiger partial charge in [0.2, 0.25) is 0 Å². The molecule has 0 aromatic carbocycles. The fraction of sp³-hybridized carbons (Fsp3) is 0.333. The van der Waals surface area contributed by atoms with Gasteiger partial charge in [0.05, 0.1) is 5.56 Å². The molecule has 2 nitrogen and oxygen atoms in total. The first-order valence-corrected chi connectivity index (χ1v) is 15.5. The molecule has 0 saturated carbocycles. The van der Waals surface area contributed by atoms with Crippen molar-refractivity contribution in [1.29, 1.82) is 0 Å². The third kappa shape index (κ3) is 21.2. The molecule has 0 aliphatic heterocycles. The van der Waals surface area contributed by atoms with Gasteiger partial charge in [-0.15, -0.1) is 0 Å². The number of pyridine rings is 2. The van der Waals surface area contributed by atoms with E-state index in [4.69, 9.17) is 23.2 Å². The van der Waals surface area contributed by atoms with Gasteiger partial charge in [0, 0.05) is 16.0 Å². The molecule has 0 aliphatic rings. The number of hydrogen-bond donors (Lipinski definition) is 0. The zero-order valence-electron chi connectivity index (χ0n) is 16.3. The number of nitrogens with zero attached hydrogens (tertiary/aromatic N) is 2. The van der Waals surface area contributed by atoms with E-state index in [1.807, 2.05) is 12.1 Å². The van der Waals surface area contributed by atoms with Crippen LogP contribution in [0.15, 0.2) is 36.7 Å². The molecule has 2 aromatic heterocycles. The van der Waals surface area contributed by atoms with E-state index in [-0.39, 0.29) is 61.2 Å². The standard InChI is InChI=1S/C6H3ClF3N.C5H3ClIN.C4H9F3Si.Cu.FH.HI.K/c7-5-3-4(1-2-11-5)6(8,9)10;6-5-3-4(7)1-2-8-5;1-8(2,3)4(5,6)7;;;;/h1-3H;1-3H;1-3H3;;2*1H;/q;;;+1;;;+1/p-2. The summed E-state index contributed by atoms with van der Waals surface area (Å²) >= 11 is 18.8.